The van der Waals surface area contributed by atoms with Gasteiger partial charge in [0.15, 0.2) is 5.60 Å². The van der Waals surface area contributed by atoms with Crippen molar-refractivity contribution in [2.45, 2.75) is 38.5 Å². The average Bonchev–Trinajstić information content (AvgIpc) is 2.78. The Morgan fingerprint density at radius 3 is 2.19 bits per heavy atom. The summed E-state index contributed by atoms with van der Waals surface area (Å²) in [5, 5.41) is 29.2. The zero-order valence-electron chi connectivity index (χ0n) is 19.1. The van der Waals surface area contributed by atoms with Gasteiger partial charge in [0, 0.05) is 17.1 Å². The molecule has 1 heterocycles. The lowest BCUT2D eigenvalue weighted by molar-refractivity contribution is -0.274. The molecule has 3 aromatic rings. The molecule has 11 heteroatoms. The molecule has 0 spiro atoms. The predicted molar refractivity (Wildman–Crippen MR) is 127 cm³/mol. The van der Waals surface area contributed by atoms with Crippen molar-refractivity contribution in [1.29, 1.82) is 5.26 Å². The molecular weight excluding hydrogens is 520 g/mol. The van der Waals surface area contributed by atoms with E-state index in [4.69, 9.17) is 33.0 Å². The molecule has 188 valence electrons. The van der Waals surface area contributed by atoms with Gasteiger partial charge in [0.25, 0.3) is 0 Å². The van der Waals surface area contributed by atoms with Crippen molar-refractivity contribution in [3.8, 4) is 17.7 Å². The molecule has 0 fully saturated rings. The second-order valence-electron chi connectivity index (χ2n) is 8.18. The van der Waals surface area contributed by atoms with Gasteiger partial charge in [-0.15, -0.1) is 0 Å². The van der Waals surface area contributed by atoms with Crippen molar-refractivity contribution >= 4 is 29.2 Å². The molecule has 6 nitrogen and oxygen atoms in total. The van der Waals surface area contributed by atoms with Crippen LogP contribution in [0.5, 0.6) is 11.6 Å². The third-order valence-electron chi connectivity index (χ3n) is 5.85. The number of nitrogens with zero attached hydrogens (tertiary/aromatic N) is 2. The number of carboxylic acids is 1. The first kappa shape index (κ1) is 27.3. The number of carbonyl (C=O) groups is 1. The Morgan fingerprint density at radius 1 is 1.11 bits per heavy atom. The topological polar surface area (TPSA) is 103 Å². The molecule has 0 amide bonds. The minimum Gasteiger partial charge on any atom is -0.478 e. The molecular formula is C25H19Cl2F3N2O4. The van der Waals surface area contributed by atoms with Gasteiger partial charge >= 0.3 is 12.1 Å². The van der Waals surface area contributed by atoms with Crippen LogP contribution < -0.4 is 4.74 Å². The Hall–Kier alpha value is -3.32. The number of aromatic carboxylic acids is 1. The van der Waals surface area contributed by atoms with E-state index < -0.39 is 29.2 Å². The first-order chi connectivity index (χ1) is 16.7. The van der Waals surface area contributed by atoms with Crippen LogP contribution in [0.15, 0.2) is 42.6 Å². The lowest BCUT2D eigenvalue weighted by atomic mass is 9.76. The van der Waals surface area contributed by atoms with Crippen molar-refractivity contribution in [2.24, 2.45) is 0 Å². The number of rotatable bonds is 6. The van der Waals surface area contributed by atoms with Crippen molar-refractivity contribution < 1.29 is 32.9 Å². The van der Waals surface area contributed by atoms with Gasteiger partial charge in [-0.05, 0) is 54.3 Å². The number of hydrogen-bond acceptors (Lipinski definition) is 5. The smallest absolute Gasteiger partial charge is 0.422 e. The fourth-order valence-corrected chi connectivity index (χ4v) is 4.43. The third kappa shape index (κ3) is 4.98. The molecule has 0 radical (unpaired) electrons. The second kappa shape index (κ2) is 9.97. The number of hydrogen-bond donors (Lipinski definition) is 2. The van der Waals surface area contributed by atoms with Crippen LogP contribution in [0.3, 0.4) is 0 Å². The number of ether oxygens (including phenoxy) is 1. The van der Waals surface area contributed by atoms with Crippen LogP contribution in [-0.2, 0) is 5.60 Å². The van der Waals surface area contributed by atoms with Crippen LogP contribution in [0.4, 0.5) is 13.2 Å². The summed E-state index contributed by atoms with van der Waals surface area (Å²) in [5.74, 6) is -2.84. The highest BCUT2D eigenvalue weighted by Crippen LogP contribution is 2.50. The number of aliphatic hydroxyl groups is 1. The van der Waals surface area contributed by atoms with E-state index in [9.17, 15) is 28.3 Å². The third-order valence-corrected chi connectivity index (χ3v) is 6.45. The van der Waals surface area contributed by atoms with Gasteiger partial charge in [-0.2, -0.15) is 18.4 Å². The van der Waals surface area contributed by atoms with Gasteiger partial charge in [-0.3, -0.25) is 0 Å². The van der Waals surface area contributed by atoms with Gasteiger partial charge in [0.1, 0.15) is 10.8 Å². The molecule has 0 bridgehead atoms. The Balaban J connectivity index is 2.02. The maximum atomic E-state index is 14.4. The van der Waals surface area contributed by atoms with Crippen LogP contribution in [0.2, 0.25) is 10.0 Å². The summed E-state index contributed by atoms with van der Waals surface area (Å²) >= 11 is 12.3. The van der Waals surface area contributed by atoms with E-state index in [0.29, 0.717) is 11.1 Å². The quantitative estimate of drug-likeness (QED) is 0.353. The van der Waals surface area contributed by atoms with Gasteiger partial charge in [-0.1, -0.05) is 48.3 Å². The molecule has 2 atom stereocenters. The number of aromatic nitrogens is 1. The van der Waals surface area contributed by atoms with Crippen LogP contribution in [0.1, 0.15) is 51.0 Å². The molecule has 2 N–H and O–H groups in total. The van der Waals surface area contributed by atoms with Crippen molar-refractivity contribution in [3.05, 3.63) is 86.0 Å². The van der Waals surface area contributed by atoms with Crippen molar-refractivity contribution in [3.63, 3.8) is 0 Å². The van der Waals surface area contributed by atoms with Crippen molar-refractivity contribution in [2.75, 3.05) is 0 Å². The summed E-state index contributed by atoms with van der Waals surface area (Å²) in [6, 6.07) is 9.22. The van der Waals surface area contributed by atoms with Crippen LogP contribution in [-0.4, -0.2) is 27.3 Å². The molecule has 0 aliphatic rings. The molecule has 2 aromatic carbocycles. The monoisotopic (exact) mass is 538 g/mol. The molecule has 0 aliphatic carbocycles. The van der Waals surface area contributed by atoms with E-state index in [1.165, 1.54) is 39.0 Å². The summed E-state index contributed by atoms with van der Waals surface area (Å²) in [6.07, 6.45) is -4.05. The van der Waals surface area contributed by atoms with Crippen LogP contribution in [0.25, 0.3) is 0 Å². The van der Waals surface area contributed by atoms with Crippen LogP contribution >= 0.6 is 23.2 Å². The number of benzene rings is 2. The lowest BCUT2D eigenvalue weighted by Crippen LogP contribution is -2.46. The largest absolute Gasteiger partial charge is 0.478 e. The second-order valence-corrected chi connectivity index (χ2v) is 9.00. The molecule has 0 saturated heterocycles. The predicted octanol–water partition coefficient (Wildman–Crippen LogP) is 6.92. The standard InChI is InChI=1S/C25H19Cl2F3N2O4/c1-12-6-16(7-13(2)19(12)10-31)24(35,25(28,29)30)14(3)18-5-4-17(9-20(18)26)36-22-21(27)8-15(11-32-22)23(33)34/h4-9,11,14,35H,1-3H3,(H,33,34). The summed E-state index contributed by atoms with van der Waals surface area (Å²) in [4.78, 5) is 14.9. The van der Waals surface area contributed by atoms with Crippen molar-refractivity contribution in [1.82, 2.24) is 4.98 Å². The fourth-order valence-electron chi connectivity index (χ4n) is 3.90. The van der Waals surface area contributed by atoms with Crippen LogP contribution in [0, 0.1) is 25.2 Å². The van der Waals surface area contributed by atoms with E-state index in [1.54, 1.807) is 0 Å². The maximum absolute atomic E-state index is 14.4. The van der Waals surface area contributed by atoms with E-state index in [-0.39, 0.29) is 38.4 Å². The molecule has 0 aliphatic heterocycles. The number of pyridine rings is 1. The summed E-state index contributed by atoms with van der Waals surface area (Å²) in [7, 11) is 0. The SMILES string of the molecule is Cc1cc(C(O)(C(C)c2ccc(Oc3ncc(C(=O)O)cc3Cl)cc2Cl)C(F)(F)F)cc(C)c1C#N. The van der Waals surface area contributed by atoms with E-state index in [1.807, 2.05) is 6.07 Å². The molecule has 2 unspecified atom stereocenters. The highest BCUT2D eigenvalue weighted by atomic mass is 35.5. The molecule has 0 saturated carbocycles. The number of carboxylic acid groups (broad SMARTS) is 1. The Kier molecular flexibility index (Phi) is 7.55. The summed E-state index contributed by atoms with van der Waals surface area (Å²) < 4.78 is 48.6. The highest BCUT2D eigenvalue weighted by molar-refractivity contribution is 6.32. The average molecular weight is 539 g/mol. The number of halogens is 5. The van der Waals surface area contributed by atoms with Gasteiger partial charge in [0.2, 0.25) is 5.88 Å². The molecule has 3 rings (SSSR count). The summed E-state index contributed by atoms with van der Waals surface area (Å²) in [5.41, 5.74) is -3.06. The number of aryl methyl sites for hydroxylation is 2. The Morgan fingerprint density at radius 2 is 1.72 bits per heavy atom. The number of alkyl halides is 3. The highest BCUT2D eigenvalue weighted by Gasteiger charge is 2.59. The zero-order chi connectivity index (χ0) is 27.0. The minimum atomic E-state index is -5.08. The fraction of sp³-hybridized carbons (Fsp3) is 0.240. The molecule has 1 aromatic heterocycles. The Bertz CT molecular complexity index is 1370. The zero-order valence-corrected chi connectivity index (χ0v) is 20.6. The van der Waals surface area contributed by atoms with Gasteiger partial charge < -0.3 is 14.9 Å². The van der Waals surface area contributed by atoms with Gasteiger partial charge in [0.05, 0.1) is 17.2 Å². The van der Waals surface area contributed by atoms with E-state index in [0.717, 1.165) is 24.4 Å². The first-order valence-electron chi connectivity index (χ1n) is 10.4. The number of nitriles is 1. The van der Waals surface area contributed by atoms with E-state index >= 15 is 0 Å². The maximum Gasteiger partial charge on any atom is 0.422 e. The first-order valence-corrected chi connectivity index (χ1v) is 11.1. The minimum absolute atomic E-state index is 0.0104. The Labute approximate surface area is 214 Å². The normalized spacial score (nSPS) is 14.0. The lowest BCUT2D eigenvalue weighted by Gasteiger charge is -2.37. The van der Waals surface area contributed by atoms with Gasteiger partial charge in [-0.25, -0.2) is 9.78 Å². The summed E-state index contributed by atoms with van der Waals surface area (Å²) in [6.45, 7) is 4.19. The molecule has 36 heavy (non-hydrogen) atoms. The van der Waals surface area contributed by atoms with E-state index in [2.05, 4.69) is 4.98 Å².